The van der Waals surface area contributed by atoms with Crippen molar-refractivity contribution < 1.29 is 14.3 Å². The Hall–Kier alpha value is -1.79. The van der Waals surface area contributed by atoms with E-state index >= 15 is 0 Å². The summed E-state index contributed by atoms with van der Waals surface area (Å²) in [7, 11) is 3.39. The molecule has 3 atom stereocenters. The third kappa shape index (κ3) is 5.88. The Kier molecular flexibility index (Phi) is 8.88. The van der Waals surface area contributed by atoms with Gasteiger partial charge in [0.05, 0.1) is 6.04 Å². The molecule has 26 heavy (non-hydrogen) atoms. The normalized spacial score (nSPS) is 20.0. The molecule has 0 radical (unpaired) electrons. The highest BCUT2D eigenvalue weighted by atomic mass is 35.5. The first-order valence-corrected chi connectivity index (χ1v) is 8.90. The van der Waals surface area contributed by atoms with Gasteiger partial charge in [-0.3, -0.25) is 9.59 Å². The topological polar surface area (TPSA) is 84.7 Å². The summed E-state index contributed by atoms with van der Waals surface area (Å²) in [6, 6.07) is 7.53. The number of benzene rings is 1. The smallest absolute Gasteiger partial charge is 0.259 e. The van der Waals surface area contributed by atoms with Gasteiger partial charge in [0, 0.05) is 31.6 Å². The molecule has 0 bridgehead atoms. The van der Waals surface area contributed by atoms with Crippen molar-refractivity contribution in [3.05, 3.63) is 29.8 Å². The first-order chi connectivity index (χ1) is 11.9. The summed E-state index contributed by atoms with van der Waals surface area (Å²) in [5, 5.41) is 3.13. The van der Waals surface area contributed by atoms with E-state index in [0.717, 1.165) is 31.2 Å². The number of hydrogen-bond donors (Lipinski definition) is 2. The van der Waals surface area contributed by atoms with Gasteiger partial charge >= 0.3 is 0 Å². The summed E-state index contributed by atoms with van der Waals surface area (Å²) >= 11 is 0. The molecule has 0 aromatic heterocycles. The lowest BCUT2D eigenvalue weighted by atomic mass is 10.0. The number of nitrogens with zero attached hydrogens (tertiary/aromatic N) is 1. The number of nitrogens with one attached hydrogen (secondary N) is 1. The number of carbonyl (C=O) groups is 2. The third-order valence-corrected chi connectivity index (χ3v) is 4.71. The Bertz CT molecular complexity index is 609. The van der Waals surface area contributed by atoms with Crippen molar-refractivity contribution in [3.63, 3.8) is 0 Å². The van der Waals surface area contributed by atoms with E-state index in [9.17, 15) is 9.59 Å². The second-order valence-electron chi connectivity index (χ2n) is 6.85. The minimum absolute atomic E-state index is 0. The Morgan fingerprint density at radius 1 is 1.31 bits per heavy atom. The van der Waals surface area contributed by atoms with Crippen LogP contribution in [-0.2, 0) is 9.59 Å². The van der Waals surface area contributed by atoms with Crippen LogP contribution in [0.2, 0.25) is 0 Å². The lowest BCUT2D eigenvalue weighted by Gasteiger charge is -2.22. The van der Waals surface area contributed by atoms with Crippen LogP contribution in [0.3, 0.4) is 0 Å². The van der Waals surface area contributed by atoms with Crippen LogP contribution in [0.1, 0.15) is 44.2 Å². The Morgan fingerprint density at radius 3 is 2.58 bits per heavy atom. The molecule has 1 aliphatic rings. The van der Waals surface area contributed by atoms with Gasteiger partial charge in [-0.1, -0.05) is 25.1 Å². The molecule has 0 heterocycles. The van der Waals surface area contributed by atoms with Crippen LogP contribution >= 0.6 is 12.4 Å². The molecule has 1 aromatic rings. The zero-order valence-corrected chi connectivity index (χ0v) is 16.6. The Labute approximate surface area is 161 Å². The summed E-state index contributed by atoms with van der Waals surface area (Å²) in [4.78, 5) is 25.8. The number of para-hydroxylation sites is 1. The molecule has 3 N–H and O–H groups in total. The number of rotatable bonds is 7. The van der Waals surface area contributed by atoms with Crippen molar-refractivity contribution in [2.45, 2.75) is 44.7 Å². The van der Waals surface area contributed by atoms with Crippen LogP contribution in [0.15, 0.2) is 24.3 Å². The summed E-state index contributed by atoms with van der Waals surface area (Å²) in [5.41, 5.74) is 6.81. The number of carbonyl (C=O) groups excluding carboxylic acids is 2. The maximum absolute atomic E-state index is 12.5. The van der Waals surface area contributed by atoms with Crippen LogP contribution < -0.4 is 15.8 Å². The van der Waals surface area contributed by atoms with Crippen molar-refractivity contribution in [1.29, 1.82) is 0 Å². The summed E-state index contributed by atoms with van der Waals surface area (Å²) in [5.74, 6) is 0.575. The van der Waals surface area contributed by atoms with Gasteiger partial charge in [0.2, 0.25) is 5.91 Å². The fourth-order valence-electron chi connectivity index (χ4n) is 3.11. The van der Waals surface area contributed by atoms with Crippen LogP contribution in [0.5, 0.6) is 5.75 Å². The van der Waals surface area contributed by atoms with E-state index < -0.39 is 0 Å². The second kappa shape index (κ2) is 10.4. The number of nitrogens with two attached hydrogens (primary N) is 1. The van der Waals surface area contributed by atoms with Gasteiger partial charge in [-0.25, -0.2) is 0 Å². The van der Waals surface area contributed by atoms with Crippen LogP contribution in [-0.4, -0.2) is 43.5 Å². The average molecular weight is 384 g/mol. The zero-order valence-electron chi connectivity index (χ0n) is 15.7. The highest BCUT2D eigenvalue weighted by Gasteiger charge is 2.29. The molecule has 3 unspecified atom stereocenters. The van der Waals surface area contributed by atoms with Crippen LogP contribution in [0, 0.1) is 5.92 Å². The molecule has 1 aliphatic carbocycles. The molecule has 2 amide bonds. The lowest BCUT2D eigenvalue weighted by Crippen LogP contribution is -2.34. The summed E-state index contributed by atoms with van der Waals surface area (Å²) < 4.78 is 5.70. The molecule has 1 saturated carbocycles. The van der Waals surface area contributed by atoms with Crippen LogP contribution in [0.4, 0.5) is 0 Å². The van der Waals surface area contributed by atoms with E-state index in [1.165, 1.54) is 4.90 Å². The quantitative estimate of drug-likeness (QED) is 0.756. The predicted molar refractivity (Wildman–Crippen MR) is 104 cm³/mol. The largest absolute Gasteiger partial charge is 0.483 e. The fourth-order valence-corrected chi connectivity index (χ4v) is 3.11. The Balaban J connectivity index is 0.00000338. The minimum atomic E-state index is -0.144. The second-order valence-corrected chi connectivity index (χ2v) is 6.85. The summed E-state index contributed by atoms with van der Waals surface area (Å²) in [6.45, 7) is 2.00. The average Bonchev–Trinajstić information content (AvgIpc) is 3.04. The maximum Gasteiger partial charge on any atom is 0.259 e. The molecule has 2 rings (SSSR count). The van der Waals surface area contributed by atoms with Gasteiger partial charge in [0.15, 0.2) is 6.61 Å². The van der Waals surface area contributed by atoms with Gasteiger partial charge in [-0.15, -0.1) is 12.4 Å². The number of hydrogen-bond acceptors (Lipinski definition) is 4. The van der Waals surface area contributed by atoms with E-state index in [2.05, 4.69) is 5.32 Å². The van der Waals surface area contributed by atoms with E-state index in [0.29, 0.717) is 5.75 Å². The van der Waals surface area contributed by atoms with Crippen molar-refractivity contribution in [2.24, 2.45) is 11.7 Å². The van der Waals surface area contributed by atoms with Crippen molar-refractivity contribution in [3.8, 4) is 5.75 Å². The van der Waals surface area contributed by atoms with Crippen molar-refractivity contribution in [2.75, 3.05) is 20.7 Å². The standard InChI is InChI=1S/C19H29N3O3.ClH/c1-4-16(21-19(24)13-9-10-14(20)11-13)15-7-5-6-8-17(15)25-12-18(23)22(2)3;/h5-8,13-14,16H,4,9-12,20H2,1-3H3,(H,21,24);1H. The van der Waals surface area contributed by atoms with Gasteiger partial charge in [0.1, 0.15) is 5.75 Å². The van der Waals surface area contributed by atoms with Gasteiger partial charge in [-0.2, -0.15) is 0 Å². The fraction of sp³-hybridized carbons (Fsp3) is 0.579. The van der Waals surface area contributed by atoms with E-state index in [1.807, 2.05) is 31.2 Å². The van der Waals surface area contributed by atoms with Gasteiger partial charge in [0.25, 0.3) is 5.91 Å². The molecular formula is C19H30ClN3O3. The van der Waals surface area contributed by atoms with Crippen molar-refractivity contribution >= 4 is 24.2 Å². The predicted octanol–water partition coefficient (Wildman–Crippen LogP) is 2.27. The molecule has 0 saturated heterocycles. The molecule has 0 aliphatic heterocycles. The SMILES string of the molecule is CCC(NC(=O)C1CCC(N)C1)c1ccccc1OCC(=O)N(C)C.Cl. The van der Waals surface area contributed by atoms with E-state index in [-0.39, 0.29) is 48.8 Å². The lowest BCUT2D eigenvalue weighted by molar-refractivity contribution is -0.131. The maximum atomic E-state index is 12.5. The molecule has 7 heteroatoms. The molecule has 6 nitrogen and oxygen atoms in total. The van der Waals surface area contributed by atoms with Crippen molar-refractivity contribution in [1.82, 2.24) is 10.2 Å². The van der Waals surface area contributed by atoms with Gasteiger partial charge in [-0.05, 0) is 31.7 Å². The number of ether oxygens (including phenoxy) is 1. The molecule has 146 valence electrons. The third-order valence-electron chi connectivity index (χ3n) is 4.71. The first-order valence-electron chi connectivity index (χ1n) is 8.90. The highest BCUT2D eigenvalue weighted by molar-refractivity contribution is 5.85. The molecule has 1 fully saturated rings. The first kappa shape index (κ1) is 22.3. The van der Waals surface area contributed by atoms with Gasteiger partial charge < -0.3 is 20.7 Å². The van der Waals surface area contributed by atoms with Crippen LogP contribution in [0.25, 0.3) is 0 Å². The molecular weight excluding hydrogens is 354 g/mol. The van der Waals surface area contributed by atoms with E-state index in [4.69, 9.17) is 10.5 Å². The van der Waals surface area contributed by atoms with E-state index in [1.54, 1.807) is 14.1 Å². The monoisotopic (exact) mass is 383 g/mol. The molecule has 0 spiro atoms. The highest BCUT2D eigenvalue weighted by Crippen LogP contribution is 2.29. The Morgan fingerprint density at radius 2 is 2.00 bits per heavy atom. The number of likely N-dealkylation sites (N-methyl/N-ethyl adjacent to an activating group) is 1. The molecule has 1 aromatic carbocycles. The zero-order chi connectivity index (χ0) is 18.4. The number of amides is 2. The number of halogens is 1. The summed E-state index contributed by atoms with van der Waals surface area (Å²) in [6.07, 6.45) is 3.24. The minimum Gasteiger partial charge on any atom is -0.483 e.